The van der Waals surface area contributed by atoms with Gasteiger partial charge in [0.2, 0.25) is 0 Å². The molecule has 0 atom stereocenters. The molecule has 0 N–H and O–H groups in total. The van der Waals surface area contributed by atoms with E-state index in [4.69, 9.17) is 4.74 Å². The smallest absolute Gasteiger partial charge is 0.123 e. The van der Waals surface area contributed by atoms with Gasteiger partial charge in [-0.1, -0.05) is 37.6 Å². The van der Waals surface area contributed by atoms with Gasteiger partial charge < -0.3 is 4.74 Å². The molecule has 0 radical (unpaired) electrons. The van der Waals surface area contributed by atoms with Crippen molar-refractivity contribution in [1.82, 2.24) is 0 Å². The Morgan fingerprint density at radius 3 is 3.07 bits per heavy atom. The van der Waals surface area contributed by atoms with Gasteiger partial charge >= 0.3 is 0 Å². The van der Waals surface area contributed by atoms with Crippen LogP contribution in [0.3, 0.4) is 0 Å². The maximum Gasteiger partial charge on any atom is 0.123 e. The Hall–Kier alpha value is -1.24. The number of fused-ring (bicyclic) bond motifs is 1. The van der Waals surface area contributed by atoms with E-state index < -0.39 is 0 Å². The lowest BCUT2D eigenvalue weighted by Gasteiger charge is -1.99. The molecule has 2 rings (SSSR count). The Morgan fingerprint density at radius 2 is 2.21 bits per heavy atom. The van der Waals surface area contributed by atoms with E-state index in [1.165, 1.54) is 24.0 Å². The van der Waals surface area contributed by atoms with Gasteiger partial charge in [0.1, 0.15) is 12.4 Å². The SMILES string of the molecule is CCCC/C=C1/OCc2ccccc21. The fourth-order valence-corrected chi connectivity index (χ4v) is 1.73. The summed E-state index contributed by atoms with van der Waals surface area (Å²) < 4.78 is 5.63. The first-order valence-electron chi connectivity index (χ1n) is 5.33. The molecule has 0 aliphatic carbocycles. The number of unbranched alkanes of at least 4 members (excludes halogenated alkanes) is 2. The topological polar surface area (TPSA) is 9.23 Å². The van der Waals surface area contributed by atoms with Gasteiger partial charge in [-0.25, -0.2) is 0 Å². The summed E-state index contributed by atoms with van der Waals surface area (Å²) in [7, 11) is 0. The molecule has 0 bridgehead atoms. The second kappa shape index (κ2) is 4.32. The molecule has 0 aromatic heterocycles. The standard InChI is InChI=1S/C13H16O/c1-2-3-4-9-13-12-8-6-5-7-11(12)10-14-13/h5-9H,2-4,10H2,1H3/b13-9+. The summed E-state index contributed by atoms with van der Waals surface area (Å²) in [6.45, 7) is 2.95. The predicted octanol–water partition coefficient (Wildman–Crippen LogP) is 3.75. The van der Waals surface area contributed by atoms with Crippen molar-refractivity contribution in [3.8, 4) is 0 Å². The first kappa shape index (κ1) is 9.32. The number of rotatable bonds is 3. The van der Waals surface area contributed by atoms with Crippen LogP contribution in [0, 0.1) is 0 Å². The van der Waals surface area contributed by atoms with Gasteiger partial charge in [-0.05, 0) is 18.9 Å². The van der Waals surface area contributed by atoms with Crippen LogP contribution in [-0.2, 0) is 11.3 Å². The summed E-state index contributed by atoms with van der Waals surface area (Å²) in [5.41, 5.74) is 2.60. The lowest BCUT2D eigenvalue weighted by Crippen LogP contribution is -1.79. The summed E-state index contributed by atoms with van der Waals surface area (Å²) >= 11 is 0. The number of hydrogen-bond donors (Lipinski definition) is 0. The molecule has 0 amide bonds. The van der Waals surface area contributed by atoms with Crippen LogP contribution in [-0.4, -0.2) is 0 Å². The Kier molecular flexibility index (Phi) is 2.87. The Morgan fingerprint density at radius 1 is 1.36 bits per heavy atom. The third-order valence-electron chi connectivity index (χ3n) is 2.55. The summed E-state index contributed by atoms with van der Waals surface area (Å²) in [5.74, 6) is 1.08. The monoisotopic (exact) mass is 188 g/mol. The van der Waals surface area contributed by atoms with Gasteiger partial charge in [0.15, 0.2) is 0 Å². The summed E-state index contributed by atoms with van der Waals surface area (Å²) in [6.07, 6.45) is 5.83. The van der Waals surface area contributed by atoms with Crippen molar-refractivity contribution in [3.63, 3.8) is 0 Å². The zero-order valence-electron chi connectivity index (χ0n) is 8.62. The first-order chi connectivity index (χ1) is 6.92. The van der Waals surface area contributed by atoms with Gasteiger partial charge in [-0.2, -0.15) is 0 Å². The molecule has 0 spiro atoms. The summed E-state index contributed by atoms with van der Waals surface area (Å²) in [6, 6.07) is 8.41. The van der Waals surface area contributed by atoms with Crippen LogP contribution in [0.5, 0.6) is 0 Å². The maximum atomic E-state index is 5.63. The fourth-order valence-electron chi connectivity index (χ4n) is 1.73. The highest BCUT2D eigenvalue weighted by Crippen LogP contribution is 2.29. The average molecular weight is 188 g/mol. The highest BCUT2D eigenvalue weighted by atomic mass is 16.5. The van der Waals surface area contributed by atoms with Crippen LogP contribution in [0.25, 0.3) is 5.76 Å². The molecule has 1 aliphatic rings. The van der Waals surface area contributed by atoms with Crippen LogP contribution in [0.15, 0.2) is 30.3 Å². The highest BCUT2D eigenvalue weighted by Gasteiger charge is 2.15. The van der Waals surface area contributed by atoms with Crippen molar-refractivity contribution in [2.24, 2.45) is 0 Å². The van der Waals surface area contributed by atoms with Crippen molar-refractivity contribution in [3.05, 3.63) is 41.5 Å². The van der Waals surface area contributed by atoms with E-state index in [0.717, 1.165) is 18.8 Å². The molecule has 1 heteroatoms. The predicted molar refractivity (Wildman–Crippen MR) is 58.7 cm³/mol. The molecular weight excluding hydrogens is 172 g/mol. The third kappa shape index (κ3) is 1.82. The average Bonchev–Trinajstić information content (AvgIpc) is 2.63. The third-order valence-corrected chi connectivity index (χ3v) is 2.55. The number of allylic oxidation sites excluding steroid dienone is 1. The van der Waals surface area contributed by atoms with Crippen molar-refractivity contribution in [2.75, 3.05) is 0 Å². The van der Waals surface area contributed by atoms with Crippen molar-refractivity contribution < 1.29 is 4.74 Å². The summed E-state index contributed by atoms with van der Waals surface area (Å²) in [4.78, 5) is 0. The number of benzene rings is 1. The van der Waals surface area contributed by atoms with Crippen LogP contribution in [0.1, 0.15) is 37.3 Å². The van der Waals surface area contributed by atoms with E-state index >= 15 is 0 Å². The van der Waals surface area contributed by atoms with Crippen LogP contribution < -0.4 is 0 Å². The Bertz CT molecular complexity index is 339. The zero-order chi connectivity index (χ0) is 9.80. The molecule has 14 heavy (non-hydrogen) atoms. The van der Waals surface area contributed by atoms with Gasteiger partial charge in [-0.15, -0.1) is 0 Å². The molecule has 0 fully saturated rings. The molecular formula is C13H16O. The second-order valence-electron chi connectivity index (χ2n) is 3.66. The van der Waals surface area contributed by atoms with E-state index in [9.17, 15) is 0 Å². The van der Waals surface area contributed by atoms with E-state index in [-0.39, 0.29) is 0 Å². The molecule has 1 aromatic rings. The molecule has 0 saturated heterocycles. The minimum atomic E-state index is 0.744. The molecule has 1 aliphatic heterocycles. The highest BCUT2D eigenvalue weighted by molar-refractivity contribution is 5.65. The lowest BCUT2D eigenvalue weighted by molar-refractivity contribution is 0.284. The quantitative estimate of drug-likeness (QED) is 0.656. The minimum absolute atomic E-state index is 0.744. The van der Waals surface area contributed by atoms with Gasteiger partial charge in [0, 0.05) is 11.1 Å². The minimum Gasteiger partial charge on any atom is -0.489 e. The normalized spacial score (nSPS) is 16.8. The molecule has 0 saturated carbocycles. The largest absolute Gasteiger partial charge is 0.489 e. The fraction of sp³-hybridized carbons (Fsp3) is 0.385. The Balaban J connectivity index is 2.13. The van der Waals surface area contributed by atoms with Crippen LogP contribution >= 0.6 is 0 Å². The lowest BCUT2D eigenvalue weighted by atomic mass is 10.1. The Labute approximate surface area is 85.4 Å². The van der Waals surface area contributed by atoms with E-state index in [1.54, 1.807) is 0 Å². The van der Waals surface area contributed by atoms with Crippen molar-refractivity contribution in [1.29, 1.82) is 0 Å². The van der Waals surface area contributed by atoms with Gasteiger partial charge in [0.25, 0.3) is 0 Å². The zero-order valence-corrected chi connectivity index (χ0v) is 8.62. The van der Waals surface area contributed by atoms with Crippen molar-refractivity contribution >= 4 is 5.76 Å². The maximum absolute atomic E-state index is 5.63. The number of ether oxygens (including phenoxy) is 1. The molecule has 1 aromatic carbocycles. The number of hydrogen-bond acceptors (Lipinski definition) is 1. The molecule has 0 unspecified atom stereocenters. The van der Waals surface area contributed by atoms with Gasteiger partial charge in [0.05, 0.1) is 0 Å². The molecule has 74 valence electrons. The van der Waals surface area contributed by atoms with E-state index in [1.807, 2.05) is 0 Å². The molecule has 1 heterocycles. The van der Waals surface area contributed by atoms with E-state index in [2.05, 4.69) is 37.3 Å². The van der Waals surface area contributed by atoms with Crippen molar-refractivity contribution in [2.45, 2.75) is 32.8 Å². The van der Waals surface area contributed by atoms with Gasteiger partial charge in [-0.3, -0.25) is 0 Å². The summed E-state index contributed by atoms with van der Waals surface area (Å²) in [5, 5.41) is 0. The van der Waals surface area contributed by atoms with E-state index in [0.29, 0.717) is 0 Å². The first-order valence-corrected chi connectivity index (χ1v) is 5.33. The van der Waals surface area contributed by atoms with Crippen LogP contribution in [0.4, 0.5) is 0 Å². The van der Waals surface area contributed by atoms with Crippen LogP contribution in [0.2, 0.25) is 0 Å². The second-order valence-corrected chi connectivity index (χ2v) is 3.66. The molecule has 1 nitrogen and oxygen atoms in total.